The molecular weight excluding hydrogens is 699 g/mol. The fourth-order valence-electron chi connectivity index (χ4n) is 8.72. The van der Waals surface area contributed by atoms with E-state index in [0.29, 0.717) is 0 Å². The van der Waals surface area contributed by atoms with Gasteiger partial charge in [0.2, 0.25) is 0 Å². The average molecular weight is 742 g/mol. The second-order valence-electron chi connectivity index (χ2n) is 15.8. The first kappa shape index (κ1) is 35.2. The molecule has 1 heteroatoms. The first-order valence-electron chi connectivity index (χ1n) is 20.2. The summed E-state index contributed by atoms with van der Waals surface area (Å²) in [6, 6.07) is 79.3. The molecule has 276 valence electrons. The lowest BCUT2D eigenvalue weighted by Gasteiger charge is -2.28. The Hall–Kier alpha value is -7.22. The second-order valence-corrected chi connectivity index (χ2v) is 15.8. The Balaban J connectivity index is 0.986. The number of hydrogen-bond donors (Lipinski definition) is 0. The monoisotopic (exact) mass is 741 g/mol. The Morgan fingerprint density at radius 1 is 0.310 bits per heavy atom. The molecule has 0 N–H and O–H groups in total. The maximum absolute atomic E-state index is 2.42. The highest BCUT2D eigenvalue weighted by Crippen LogP contribution is 2.49. The standard InChI is InChI=1S/C57H43N/c1-57(2)55-38-31-48-15-9-10-16-53(48)54(55)39-56(57)49-29-36-52(37-30-49)58(50-32-25-46(26-33-50)44-21-17-42(18-22-44)40-11-5-3-6-12-40)51-34-27-47(28-35-51)45-23-19-43(20-24-45)41-13-7-4-8-14-41/h3-39H,1-2H3. The molecule has 1 nitrogen and oxygen atoms in total. The minimum atomic E-state index is -0.106. The molecule has 58 heavy (non-hydrogen) atoms. The van der Waals surface area contributed by atoms with E-state index in [2.05, 4.69) is 243 Å². The van der Waals surface area contributed by atoms with Crippen LogP contribution in [0.4, 0.5) is 17.1 Å². The van der Waals surface area contributed by atoms with Gasteiger partial charge in [0.05, 0.1) is 0 Å². The lowest BCUT2D eigenvalue weighted by Crippen LogP contribution is -2.16. The summed E-state index contributed by atoms with van der Waals surface area (Å²) in [6.45, 7) is 4.71. The van der Waals surface area contributed by atoms with Crippen molar-refractivity contribution in [3.05, 3.63) is 235 Å². The van der Waals surface area contributed by atoms with Gasteiger partial charge in [0.15, 0.2) is 0 Å². The number of fused-ring (bicyclic) bond motifs is 3. The first-order chi connectivity index (χ1) is 28.5. The minimum Gasteiger partial charge on any atom is -0.311 e. The summed E-state index contributed by atoms with van der Waals surface area (Å²) in [5.74, 6) is 0. The normalized spacial score (nSPS) is 12.9. The molecule has 0 aliphatic heterocycles. The molecule has 0 spiro atoms. The molecule has 0 atom stereocenters. The number of nitrogens with zero attached hydrogens (tertiary/aromatic N) is 1. The van der Waals surface area contributed by atoms with E-state index >= 15 is 0 Å². The molecule has 0 aromatic heterocycles. The van der Waals surface area contributed by atoms with E-state index < -0.39 is 0 Å². The zero-order valence-electron chi connectivity index (χ0n) is 32.8. The summed E-state index contributed by atoms with van der Waals surface area (Å²) < 4.78 is 0. The van der Waals surface area contributed by atoms with Gasteiger partial charge in [0.1, 0.15) is 0 Å². The minimum absolute atomic E-state index is 0.106. The molecular formula is C57H43N. The van der Waals surface area contributed by atoms with Gasteiger partial charge in [0, 0.05) is 22.5 Å². The SMILES string of the molecule is CC1(C)C(c2ccc(N(c3ccc(-c4ccc(-c5ccccc5)cc4)cc3)c3ccc(-c4ccc(-c5ccccc5)cc4)cc3)cc2)=Cc2c1ccc1ccccc21. The van der Waals surface area contributed by atoms with Crippen LogP contribution in [0.25, 0.3) is 66.9 Å². The maximum Gasteiger partial charge on any atom is 0.0462 e. The third-order valence-corrected chi connectivity index (χ3v) is 11.9. The number of anilines is 3. The molecule has 1 aliphatic rings. The molecule has 0 saturated carbocycles. The van der Waals surface area contributed by atoms with Gasteiger partial charge >= 0.3 is 0 Å². The fourth-order valence-corrected chi connectivity index (χ4v) is 8.72. The number of benzene rings is 9. The molecule has 0 unspecified atom stereocenters. The highest BCUT2D eigenvalue weighted by atomic mass is 15.1. The van der Waals surface area contributed by atoms with Crippen LogP contribution in [0.15, 0.2) is 218 Å². The summed E-state index contributed by atoms with van der Waals surface area (Å²) in [5.41, 5.74) is 18.2. The lowest BCUT2D eigenvalue weighted by atomic mass is 9.78. The fraction of sp³-hybridized carbons (Fsp3) is 0.0526. The second kappa shape index (κ2) is 14.7. The summed E-state index contributed by atoms with van der Waals surface area (Å²) in [4.78, 5) is 2.37. The largest absolute Gasteiger partial charge is 0.311 e. The molecule has 1 aliphatic carbocycles. The molecule has 9 aromatic rings. The number of hydrogen-bond acceptors (Lipinski definition) is 1. The Labute approximate surface area is 341 Å². The molecule has 0 saturated heterocycles. The summed E-state index contributed by atoms with van der Waals surface area (Å²) in [6.07, 6.45) is 2.42. The maximum atomic E-state index is 2.42. The van der Waals surface area contributed by atoms with E-state index in [1.807, 2.05) is 0 Å². The molecule has 0 bridgehead atoms. The molecule has 10 rings (SSSR count). The quantitative estimate of drug-likeness (QED) is 0.150. The van der Waals surface area contributed by atoms with Gasteiger partial charge in [-0.15, -0.1) is 0 Å². The summed E-state index contributed by atoms with van der Waals surface area (Å²) in [5, 5.41) is 2.60. The van der Waals surface area contributed by atoms with E-state index in [0.717, 1.165) is 17.1 Å². The Kier molecular flexibility index (Phi) is 8.92. The molecule has 9 aromatic carbocycles. The van der Waals surface area contributed by atoms with E-state index in [1.54, 1.807) is 0 Å². The third kappa shape index (κ3) is 6.51. The van der Waals surface area contributed by atoms with Crippen LogP contribution in [-0.4, -0.2) is 0 Å². The number of rotatable bonds is 8. The zero-order chi connectivity index (χ0) is 39.1. The van der Waals surface area contributed by atoms with Crippen LogP contribution in [0, 0.1) is 0 Å². The van der Waals surface area contributed by atoms with Crippen LogP contribution >= 0.6 is 0 Å². The van der Waals surface area contributed by atoms with Crippen molar-refractivity contribution >= 4 is 39.5 Å². The predicted molar refractivity (Wildman–Crippen MR) is 248 cm³/mol. The topological polar surface area (TPSA) is 3.24 Å². The van der Waals surface area contributed by atoms with Gasteiger partial charge < -0.3 is 4.90 Å². The Morgan fingerprint density at radius 2 is 0.655 bits per heavy atom. The lowest BCUT2D eigenvalue weighted by molar-refractivity contribution is 0.705. The zero-order valence-corrected chi connectivity index (χ0v) is 32.8. The van der Waals surface area contributed by atoms with Crippen molar-refractivity contribution < 1.29 is 0 Å². The van der Waals surface area contributed by atoms with E-state index in [4.69, 9.17) is 0 Å². The van der Waals surface area contributed by atoms with E-state index in [-0.39, 0.29) is 5.41 Å². The Bertz CT molecular complexity index is 2760. The van der Waals surface area contributed by atoms with Crippen molar-refractivity contribution in [3.63, 3.8) is 0 Å². The molecule has 0 heterocycles. The van der Waals surface area contributed by atoms with Crippen LogP contribution in [0.1, 0.15) is 30.5 Å². The van der Waals surface area contributed by atoms with Crippen LogP contribution < -0.4 is 4.90 Å². The van der Waals surface area contributed by atoms with Crippen molar-refractivity contribution in [1.82, 2.24) is 0 Å². The number of allylic oxidation sites excluding steroid dienone is 1. The smallest absolute Gasteiger partial charge is 0.0462 e. The van der Waals surface area contributed by atoms with Crippen LogP contribution in [0.5, 0.6) is 0 Å². The average Bonchev–Trinajstić information content (AvgIpc) is 3.58. The van der Waals surface area contributed by atoms with E-state index in [1.165, 1.54) is 77.5 Å². The van der Waals surface area contributed by atoms with Crippen LogP contribution in [-0.2, 0) is 5.41 Å². The third-order valence-electron chi connectivity index (χ3n) is 11.9. The first-order valence-corrected chi connectivity index (χ1v) is 20.2. The van der Waals surface area contributed by atoms with Crippen molar-refractivity contribution in [2.75, 3.05) is 4.90 Å². The van der Waals surface area contributed by atoms with Gasteiger partial charge in [0.25, 0.3) is 0 Å². The highest BCUT2D eigenvalue weighted by molar-refractivity contribution is 6.03. The van der Waals surface area contributed by atoms with Crippen LogP contribution in [0.3, 0.4) is 0 Å². The van der Waals surface area contributed by atoms with Gasteiger partial charge in [-0.05, 0) is 120 Å². The van der Waals surface area contributed by atoms with Gasteiger partial charge in [-0.25, -0.2) is 0 Å². The van der Waals surface area contributed by atoms with E-state index in [9.17, 15) is 0 Å². The van der Waals surface area contributed by atoms with Crippen molar-refractivity contribution in [3.8, 4) is 44.5 Å². The van der Waals surface area contributed by atoms with Gasteiger partial charge in [-0.1, -0.05) is 196 Å². The highest BCUT2D eigenvalue weighted by Gasteiger charge is 2.34. The van der Waals surface area contributed by atoms with Crippen LogP contribution in [0.2, 0.25) is 0 Å². The molecule has 0 amide bonds. The molecule has 0 fully saturated rings. The van der Waals surface area contributed by atoms with Crippen molar-refractivity contribution in [1.29, 1.82) is 0 Å². The summed E-state index contributed by atoms with van der Waals surface area (Å²) >= 11 is 0. The van der Waals surface area contributed by atoms with Crippen molar-refractivity contribution in [2.45, 2.75) is 19.3 Å². The van der Waals surface area contributed by atoms with Gasteiger partial charge in [-0.3, -0.25) is 0 Å². The Morgan fingerprint density at radius 3 is 1.09 bits per heavy atom. The predicted octanol–water partition coefficient (Wildman–Crippen LogP) is 15.8. The molecule has 0 radical (unpaired) electrons. The van der Waals surface area contributed by atoms with Gasteiger partial charge in [-0.2, -0.15) is 0 Å². The summed E-state index contributed by atoms with van der Waals surface area (Å²) in [7, 11) is 0. The van der Waals surface area contributed by atoms with Crippen molar-refractivity contribution in [2.24, 2.45) is 0 Å².